The number of rotatable bonds is 2. The SMILES string of the molecule is C[C@@H]1C(=NO)[C@H](C)[C@@H](c2ccco2)N[C@H]1c1ccco1. The molecule has 3 rings (SSSR count). The highest BCUT2D eigenvalue weighted by molar-refractivity contribution is 5.90. The van der Waals surface area contributed by atoms with E-state index in [0.29, 0.717) is 0 Å². The quantitative estimate of drug-likeness (QED) is 0.650. The lowest BCUT2D eigenvalue weighted by molar-refractivity contribution is 0.236. The zero-order valence-electron chi connectivity index (χ0n) is 11.5. The van der Waals surface area contributed by atoms with Gasteiger partial charge in [0, 0.05) is 11.8 Å². The molecule has 4 atom stereocenters. The highest BCUT2D eigenvalue weighted by Gasteiger charge is 2.41. The molecule has 0 bridgehead atoms. The molecule has 0 amide bonds. The third-order valence-corrected chi connectivity index (χ3v) is 4.11. The summed E-state index contributed by atoms with van der Waals surface area (Å²) in [5.74, 6) is 1.77. The second kappa shape index (κ2) is 5.17. The number of oxime groups is 1. The van der Waals surface area contributed by atoms with Crippen LogP contribution in [-0.2, 0) is 0 Å². The van der Waals surface area contributed by atoms with Gasteiger partial charge in [0.25, 0.3) is 0 Å². The van der Waals surface area contributed by atoms with Crippen LogP contribution in [0.4, 0.5) is 0 Å². The van der Waals surface area contributed by atoms with Crippen LogP contribution in [0.1, 0.15) is 37.5 Å². The lowest BCUT2D eigenvalue weighted by atomic mass is 9.78. The molecule has 2 aromatic heterocycles. The molecule has 3 heterocycles. The molecule has 0 aliphatic carbocycles. The Kier molecular flexibility index (Phi) is 3.36. The monoisotopic (exact) mass is 274 g/mol. The van der Waals surface area contributed by atoms with Gasteiger partial charge in [0.2, 0.25) is 0 Å². The number of nitrogens with one attached hydrogen (secondary N) is 1. The van der Waals surface area contributed by atoms with Gasteiger partial charge in [-0.3, -0.25) is 5.32 Å². The molecule has 1 fully saturated rings. The lowest BCUT2D eigenvalue weighted by Gasteiger charge is -2.38. The van der Waals surface area contributed by atoms with Crippen LogP contribution in [0.2, 0.25) is 0 Å². The van der Waals surface area contributed by atoms with E-state index in [1.807, 2.05) is 38.1 Å². The number of furan rings is 2. The molecule has 2 N–H and O–H groups in total. The summed E-state index contributed by atoms with van der Waals surface area (Å²) in [5.41, 5.74) is 0.756. The van der Waals surface area contributed by atoms with Crippen molar-refractivity contribution >= 4 is 5.71 Å². The molecular weight excluding hydrogens is 256 g/mol. The Hall–Kier alpha value is -2.01. The first kappa shape index (κ1) is 13.0. The highest BCUT2D eigenvalue weighted by atomic mass is 16.4. The summed E-state index contributed by atoms with van der Waals surface area (Å²) in [7, 11) is 0. The van der Waals surface area contributed by atoms with Crippen molar-refractivity contribution in [2.24, 2.45) is 17.0 Å². The Bertz CT molecular complexity index is 526. The van der Waals surface area contributed by atoms with Gasteiger partial charge in [-0.05, 0) is 24.3 Å². The zero-order chi connectivity index (χ0) is 14.1. The van der Waals surface area contributed by atoms with Crippen molar-refractivity contribution in [3.05, 3.63) is 48.3 Å². The summed E-state index contributed by atoms with van der Waals surface area (Å²) in [4.78, 5) is 0. The molecule has 2 aromatic rings. The topological polar surface area (TPSA) is 70.9 Å². The average molecular weight is 274 g/mol. The molecule has 20 heavy (non-hydrogen) atoms. The minimum Gasteiger partial charge on any atom is -0.468 e. The summed E-state index contributed by atoms with van der Waals surface area (Å²) < 4.78 is 11.0. The fraction of sp³-hybridized carbons (Fsp3) is 0.400. The number of hydrogen-bond acceptors (Lipinski definition) is 5. The van der Waals surface area contributed by atoms with Crippen LogP contribution in [0.5, 0.6) is 0 Å². The third-order valence-electron chi connectivity index (χ3n) is 4.11. The fourth-order valence-electron chi connectivity index (χ4n) is 3.01. The average Bonchev–Trinajstić information content (AvgIpc) is 3.12. The molecule has 1 aliphatic heterocycles. The van der Waals surface area contributed by atoms with Crippen LogP contribution in [-0.4, -0.2) is 10.9 Å². The van der Waals surface area contributed by atoms with Gasteiger partial charge in [0.15, 0.2) is 0 Å². The van der Waals surface area contributed by atoms with Gasteiger partial charge in [0.1, 0.15) is 11.5 Å². The Morgan fingerprint density at radius 3 is 1.85 bits per heavy atom. The van der Waals surface area contributed by atoms with Crippen molar-refractivity contribution in [3.63, 3.8) is 0 Å². The first-order valence-electron chi connectivity index (χ1n) is 6.77. The van der Waals surface area contributed by atoms with Crippen LogP contribution in [0.25, 0.3) is 0 Å². The molecule has 0 radical (unpaired) electrons. The maximum atomic E-state index is 9.36. The molecule has 1 saturated heterocycles. The van der Waals surface area contributed by atoms with E-state index in [1.54, 1.807) is 12.5 Å². The Morgan fingerprint density at radius 1 is 1.00 bits per heavy atom. The van der Waals surface area contributed by atoms with Gasteiger partial charge < -0.3 is 14.0 Å². The second-order valence-electron chi connectivity index (χ2n) is 5.26. The number of hydrogen-bond donors (Lipinski definition) is 2. The first-order valence-corrected chi connectivity index (χ1v) is 6.77. The van der Waals surface area contributed by atoms with Crippen LogP contribution in [0.3, 0.4) is 0 Å². The van der Waals surface area contributed by atoms with Gasteiger partial charge in [-0.1, -0.05) is 19.0 Å². The molecule has 0 aromatic carbocycles. The summed E-state index contributed by atoms with van der Waals surface area (Å²) in [6.07, 6.45) is 3.30. The Balaban J connectivity index is 1.97. The van der Waals surface area contributed by atoms with E-state index in [-0.39, 0.29) is 23.9 Å². The van der Waals surface area contributed by atoms with Crippen molar-refractivity contribution < 1.29 is 14.0 Å². The summed E-state index contributed by atoms with van der Waals surface area (Å²) in [6.45, 7) is 4.06. The van der Waals surface area contributed by atoms with Gasteiger partial charge in [-0.25, -0.2) is 0 Å². The van der Waals surface area contributed by atoms with Gasteiger partial charge >= 0.3 is 0 Å². The van der Waals surface area contributed by atoms with Crippen LogP contribution in [0.15, 0.2) is 50.8 Å². The molecule has 0 spiro atoms. The molecule has 106 valence electrons. The Morgan fingerprint density at radius 2 is 1.50 bits per heavy atom. The first-order chi connectivity index (χ1) is 9.72. The lowest BCUT2D eigenvalue weighted by Crippen LogP contribution is -2.46. The van der Waals surface area contributed by atoms with Crippen LogP contribution in [0, 0.1) is 11.8 Å². The van der Waals surface area contributed by atoms with Crippen molar-refractivity contribution in [1.29, 1.82) is 0 Å². The normalized spacial score (nSPS) is 32.6. The molecule has 0 saturated carbocycles. The summed E-state index contributed by atoms with van der Waals surface area (Å²) >= 11 is 0. The van der Waals surface area contributed by atoms with E-state index in [9.17, 15) is 5.21 Å². The van der Waals surface area contributed by atoms with Crippen molar-refractivity contribution in [1.82, 2.24) is 5.32 Å². The second-order valence-corrected chi connectivity index (χ2v) is 5.26. The number of nitrogens with zero attached hydrogens (tertiary/aromatic N) is 1. The molecular formula is C15H18N2O3. The predicted molar refractivity (Wildman–Crippen MR) is 73.6 cm³/mol. The molecule has 5 heteroatoms. The van der Waals surface area contributed by atoms with Crippen LogP contribution < -0.4 is 5.32 Å². The zero-order valence-corrected chi connectivity index (χ0v) is 11.5. The van der Waals surface area contributed by atoms with E-state index in [0.717, 1.165) is 17.2 Å². The summed E-state index contributed by atoms with van der Waals surface area (Å²) in [6, 6.07) is 7.50. The predicted octanol–water partition coefficient (Wildman–Crippen LogP) is 3.36. The van der Waals surface area contributed by atoms with E-state index < -0.39 is 0 Å². The number of piperidine rings is 1. The summed E-state index contributed by atoms with van der Waals surface area (Å²) in [5, 5.41) is 16.4. The third kappa shape index (κ3) is 2.04. The fourth-order valence-corrected chi connectivity index (χ4v) is 3.01. The standard InChI is InChI=1S/C15H18N2O3/c1-9-13(17-18)10(2)15(12-6-4-8-20-12)16-14(9)11-5-3-7-19-11/h3-10,14-16,18H,1-2H3/t9-,10+,14-,15+. The maximum absolute atomic E-state index is 9.36. The van der Waals surface area contributed by atoms with Gasteiger partial charge in [-0.15, -0.1) is 0 Å². The van der Waals surface area contributed by atoms with E-state index in [1.165, 1.54) is 0 Å². The molecule has 1 aliphatic rings. The van der Waals surface area contributed by atoms with Crippen molar-refractivity contribution in [2.75, 3.05) is 0 Å². The van der Waals surface area contributed by atoms with Gasteiger partial charge in [0.05, 0.1) is 30.3 Å². The minimum atomic E-state index is -0.0396. The van der Waals surface area contributed by atoms with Gasteiger partial charge in [-0.2, -0.15) is 0 Å². The van der Waals surface area contributed by atoms with E-state index in [2.05, 4.69) is 10.5 Å². The molecule has 5 nitrogen and oxygen atoms in total. The Labute approximate surface area is 117 Å². The van der Waals surface area contributed by atoms with E-state index >= 15 is 0 Å². The largest absolute Gasteiger partial charge is 0.468 e. The van der Waals surface area contributed by atoms with Crippen molar-refractivity contribution in [2.45, 2.75) is 25.9 Å². The smallest absolute Gasteiger partial charge is 0.121 e. The van der Waals surface area contributed by atoms with Crippen LogP contribution >= 0.6 is 0 Å². The van der Waals surface area contributed by atoms with Crippen molar-refractivity contribution in [3.8, 4) is 0 Å². The van der Waals surface area contributed by atoms with E-state index in [4.69, 9.17) is 8.83 Å². The minimum absolute atomic E-state index is 0.0396. The highest BCUT2D eigenvalue weighted by Crippen LogP contribution is 2.38. The molecule has 0 unspecified atom stereocenters. The maximum Gasteiger partial charge on any atom is 0.121 e.